The van der Waals surface area contributed by atoms with E-state index in [9.17, 15) is 10.1 Å². The predicted molar refractivity (Wildman–Crippen MR) is 71.1 cm³/mol. The molecule has 0 heterocycles. The number of ether oxygens (including phenoxy) is 1. The first kappa shape index (κ1) is 14.9. The number of nitrogens with zero attached hydrogens (tertiary/aromatic N) is 2. The smallest absolute Gasteiger partial charge is 0.276 e. The highest BCUT2D eigenvalue weighted by atomic mass is 16.6. The summed E-state index contributed by atoms with van der Waals surface area (Å²) in [5, 5.41) is 22.5. The number of nitro groups is 1. The second-order valence-corrected chi connectivity index (χ2v) is 4.27. The van der Waals surface area contributed by atoms with Crippen molar-refractivity contribution in [3.8, 4) is 11.8 Å². The van der Waals surface area contributed by atoms with Crippen molar-refractivity contribution in [1.29, 1.82) is 5.26 Å². The molecule has 19 heavy (non-hydrogen) atoms. The van der Waals surface area contributed by atoms with Crippen molar-refractivity contribution in [3.63, 3.8) is 0 Å². The van der Waals surface area contributed by atoms with Gasteiger partial charge < -0.3 is 10.1 Å². The average molecular weight is 263 g/mol. The molecule has 0 saturated heterocycles. The van der Waals surface area contributed by atoms with Gasteiger partial charge in [0.2, 0.25) is 0 Å². The molecule has 6 nitrogen and oxygen atoms in total. The zero-order valence-electron chi connectivity index (χ0n) is 11.3. The van der Waals surface area contributed by atoms with Crippen molar-refractivity contribution < 1.29 is 9.66 Å². The molecule has 0 fully saturated rings. The summed E-state index contributed by atoms with van der Waals surface area (Å²) in [7, 11) is 1.70. The van der Waals surface area contributed by atoms with Crippen LogP contribution in [-0.4, -0.2) is 24.6 Å². The maximum atomic E-state index is 10.9. The molecule has 0 amide bonds. The van der Waals surface area contributed by atoms with Gasteiger partial charge in [0.25, 0.3) is 5.69 Å². The van der Waals surface area contributed by atoms with Crippen molar-refractivity contribution in [2.24, 2.45) is 0 Å². The molecule has 0 saturated carbocycles. The molecule has 0 radical (unpaired) electrons. The van der Waals surface area contributed by atoms with Crippen LogP contribution in [0.15, 0.2) is 12.1 Å². The van der Waals surface area contributed by atoms with E-state index in [1.807, 2.05) is 6.92 Å². The van der Waals surface area contributed by atoms with Gasteiger partial charge in [-0.05, 0) is 32.5 Å². The lowest BCUT2D eigenvalue weighted by molar-refractivity contribution is -0.385. The summed E-state index contributed by atoms with van der Waals surface area (Å²) in [6, 6.07) is 4.98. The van der Waals surface area contributed by atoms with Gasteiger partial charge in [-0.2, -0.15) is 5.26 Å². The van der Waals surface area contributed by atoms with Gasteiger partial charge in [0.1, 0.15) is 5.75 Å². The fraction of sp³-hybridized carbons (Fsp3) is 0.462. The van der Waals surface area contributed by atoms with Crippen LogP contribution in [-0.2, 0) is 0 Å². The van der Waals surface area contributed by atoms with E-state index in [-0.39, 0.29) is 11.7 Å². The van der Waals surface area contributed by atoms with Crippen LogP contribution in [0.3, 0.4) is 0 Å². The Labute approximate surface area is 112 Å². The molecular weight excluding hydrogens is 246 g/mol. The molecule has 1 rings (SSSR count). The summed E-state index contributed by atoms with van der Waals surface area (Å²) in [4.78, 5) is 10.4. The normalized spacial score (nSPS) is 11.7. The molecule has 0 bridgehead atoms. The molecule has 6 heteroatoms. The highest BCUT2D eigenvalue weighted by Gasteiger charge is 2.14. The molecule has 1 unspecified atom stereocenters. The van der Waals surface area contributed by atoms with Gasteiger partial charge in [-0.3, -0.25) is 10.1 Å². The van der Waals surface area contributed by atoms with Crippen molar-refractivity contribution in [1.82, 2.24) is 5.32 Å². The number of nitriles is 1. The van der Waals surface area contributed by atoms with Crippen LogP contribution in [0.5, 0.6) is 5.75 Å². The number of nitrogens with one attached hydrogen (secondary N) is 1. The van der Waals surface area contributed by atoms with E-state index in [2.05, 4.69) is 11.4 Å². The Morgan fingerprint density at radius 2 is 2.16 bits per heavy atom. The third-order valence-corrected chi connectivity index (χ3v) is 2.86. The first-order valence-corrected chi connectivity index (χ1v) is 5.95. The van der Waals surface area contributed by atoms with E-state index in [0.29, 0.717) is 24.3 Å². The van der Waals surface area contributed by atoms with Crippen LogP contribution in [0.4, 0.5) is 5.69 Å². The van der Waals surface area contributed by atoms with Crippen LogP contribution in [0.1, 0.15) is 17.5 Å². The number of hydrogen-bond donors (Lipinski definition) is 1. The van der Waals surface area contributed by atoms with Gasteiger partial charge in [-0.25, -0.2) is 0 Å². The number of aryl methyl sites for hydroxylation is 2. The molecule has 1 aromatic carbocycles. The Morgan fingerprint density at radius 3 is 2.68 bits per heavy atom. The average Bonchev–Trinajstić information content (AvgIpc) is 2.36. The van der Waals surface area contributed by atoms with Gasteiger partial charge >= 0.3 is 0 Å². The molecule has 0 aromatic heterocycles. The zero-order chi connectivity index (χ0) is 14.4. The lowest BCUT2D eigenvalue weighted by atomic mass is 10.1. The number of rotatable bonds is 6. The number of hydrogen-bond acceptors (Lipinski definition) is 5. The molecule has 0 aliphatic rings. The summed E-state index contributed by atoms with van der Waals surface area (Å²) in [6.07, 6.45) is 0.522. The molecule has 102 valence electrons. The Balaban J connectivity index is 2.76. The molecule has 0 aliphatic heterocycles. The summed E-state index contributed by atoms with van der Waals surface area (Å²) in [6.45, 7) is 3.87. The van der Waals surface area contributed by atoms with Crippen molar-refractivity contribution >= 4 is 5.69 Å². The van der Waals surface area contributed by atoms with Gasteiger partial charge in [0.15, 0.2) is 0 Å². The Hall–Kier alpha value is -2.13. The van der Waals surface area contributed by atoms with Crippen molar-refractivity contribution in [2.75, 3.05) is 13.7 Å². The minimum Gasteiger partial charge on any atom is -0.493 e. The lowest BCUT2D eigenvalue weighted by Gasteiger charge is -2.12. The minimum absolute atomic E-state index is 0.0473. The van der Waals surface area contributed by atoms with Crippen molar-refractivity contribution in [2.45, 2.75) is 26.3 Å². The highest BCUT2D eigenvalue weighted by molar-refractivity contribution is 5.49. The molecular formula is C13H17N3O3. The fourth-order valence-corrected chi connectivity index (χ4v) is 1.73. The molecule has 1 aromatic rings. The third-order valence-electron chi connectivity index (χ3n) is 2.86. The van der Waals surface area contributed by atoms with E-state index < -0.39 is 4.92 Å². The van der Waals surface area contributed by atoms with Gasteiger partial charge in [-0.15, -0.1) is 0 Å². The summed E-state index contributed by atoms with van der Waals surface area (Å²) < 4.78 is 5.52. The topological polar surface area (TPSA) is 88.2 Å². The first-order chi connectivity index (χ1) is 8.99. The summed E-state index contributed by atoms with van der Waals surface area (Å²) >= 11 is 0. The minimum atomic E-state index is -0.423. The second-order valence-electron chi connectivity index (χ2n) is 4.27. The Morgan fingerprint density at radius 1 is 1.47 bits per heavy atom. The van der Waals surface area contributed by atoms with Crippen LogP contribution in [0, 0.1) is 35.3 Å². The van der Waals surface area contributed by atoms with Crippen LogP contribution in [0.25, 0.3) is 0 Å². The van der Waals surface area contributed by atoms with Gasteiger partial charge in [0, 0.05) is 12.0 Å². The second kappa shape index (κ2) is 6.71. The Bertz CT molecular complexity index is 509. The van der Waals surface area contributed by atoms with Crippen LogP contribution in [0.2, 0.25) is 0 Å². The molecule has 0 aliphatic carbocycles. The first-order valence-electron chi connectivity index (χ1n) is 5.95. The van der Waals surface area contributed by atoms with E-state index in [1.165, 1.54) is 6.07 Å². The maximum Gasteiger partial charge on any atom is 0.276 e. The highest BCUT2D eigenvalue weighted by Crippen LogP contribution is 2.28. The van der Waals surface area contributed by atoms with Crippen LogP contribution >= 0.6 is 0 Å². The zero-order valence-corrected chi connectivity index (χ0v) is 11.3. The SMILES string of the molecule is CNC(C#N)CCOc1cc([N+](=O)[O-])c(C)cc1C. The summed E-state index contributed by atoms with van der Waals surface area (Å²) in [5.41, 5.74) is 1.51. The maximum absolute atomic E-state index is 10.9. The number of nitro benzene ring substituents is 1. The largest absolute Gasteiger partial charge is 0.493 e. The lowest BCUT2D eigenvalue weighted by Crippen LogP contribution is -2.25. The standard InChI is InChI=1S/C13H17N3O3/c1-9-6-10(2)13(7-12(9)16(17)18)19-5-4-11(8-14)15-3/h6-7,11,15H,4-5H2,1-3H3. The molecule has 1 N–H and O–H groups in total. The fourth-order valence-electron chi connectivity index (χ4n) is 1.73. The van der Waals surface area contributed by atoms with E-state index in [0.717, 1.165) is 5.56 Å². The van der Waals surface area contributed by atoms with E-state index >= 15 is 0 Å². The predicted octanol–water partition coefficient (Wildman–Crippen LogP) is 2.09. The molecule has 1 atom stereocenters. The quantitative estimate of drug-likeness (QED) is 0.627. The van der Waals surface area contributed by atoms with Crippen molar-refractivity contribution in [3.05, 3.63) is 33.4 Å². The monoisotopic (exact) mass is 263 g/mol. The number of benzene rings is 1. The van der Waals surface area contributed by atoms with Crippen LogP contribution < -0.4 is 10.1 Å². The molecule has 0 spiro atoms. The van der Waals surface area contributed by atoms with Gasteiger partial charge in [-0.1, -0.05) is 0 Å². The third kappa shape index (κ3) is 3.93. The Kier molecular flexibility index (Phi) is 5.27. The summed E-state index contributed by atoms with van der Waals surface area (Å²) in [5.74, 6) is 0.491. The van der Waals surface area contributed by atoms with E-state index in [1.54, 1.807) is 20.0 Å². The van der Waals surface area contributed by atoms with Gasteiger partial charge in [0.05, 0.1) is 29.7 Å². The van der Waals surface area contributed by atoms with E-state index in [4.69, 9.17) is 10.00 Å².